The number of ether oxygens (including phenoxy) is 1. The highest BCUT2D eigenvalue weighted by Gasteiger charge is 2.19. The van der Waals surface area contributed by atoms with Crippen molar-refractivity contribution in [2.75, 3.05) is 13.7 Å². The molecule has 1 atom stereocenters. The molecule has 1 amide bonds. The first-order valence-electron chi connectivity index (χ1n) is 13.6. The van der Waals surface area contributed by atoms with Crippen LogP contribution in [0.15, 0.2) is 110 Å². The van der Waals surface area contributed by atoms with Crippen LogP contribution in [0.5, 0.6) is 5.75 Å². The van der Waals surface area contributed by atoms with Crippen molar-refractivity contribution in [2.24, 2.45) is 0 Å². The fourth-order valence-electron chi connectivity index (χ4n) is 5.09. The molecule has 42 heavy (non-hydrogen) atoms. The Morgan fingerprint density at radius 1 is 0.929 bits per heavy atom. The van der Waals surface area contributed by atoms with Crippen LogP contribution in [0.2, 0.25) is 0 Å². The molecular formula is C33H30N6O3. The summed E-state index contributed by atoms with van der Waals surface area (Å²) in [5.41, 5.74) is 6.08. The number of carbonyl (C=O) groups excluding carboxylic acids is 1. The van der Waals surface area contributed by atoms with Gasteiger partial charge in [-0.25, -0.2) is 15.0 Å². The number of phenolic OH excluding ortho intramolecular Hbond substituents is 1. The number of carbonyl (C=O) groups is 1. The molecule has 9 nitrogen and oxygen atoms in total. The third kappa shape index (κ3) is 6.06. The fourth-order valence-corrected chi connectivity index (χ4v) is 5.09. The number of nitrogens with zero attached hydrogens (tertiary/aromatic N) is 5. The summed E-state index contributed by atoms with van der Waals surface area (Å²) in [6, 6.07) is 23.0. The van der Waals surface area contributed by atoms with Crippen molar-refractivity contribution < 1.29 is 14.6 Å². The molecule has 9 heteroatoms. The smallest absolute Gasteiger partial charge is 0.270 e. The summed E-state index contributed by atoms with van der Waals surface area (Å²) in [7, 11) is 1.60. The zero-order valence-corrected chi connectivity index (χ0v) is 23.1. The topological polar surface area (TPSA) is 107 Å². The number of benzene rings is 3. The molecule has 210 valence electrons. The molecule has 0 saturated heterocycles. The van der Waals surface area contributed by atoms with Gasteiger partial charge < -0.3 is 24.3 Å². The van der Waals surface area contributed by atoms with Crippen molar-refractivity contribution in [3.05, 3.63) is 127 Å². The molecule has 6 aromatic rings. The molecule has 0 fully saturated rings. The van der Waals surface area contributed by atoms with E-state index in [4.69, 9.17) is 9.72 Å². The maximum Gasteiger partial charge on any atom is 0.270 e. The SMILES string of the molecule is COC[C@H](Cc1ccc(O)cc1)NC(=O)c1cc(-n2ccnc2)c2cc(-c3cccc(Cn4ccnc4)c3)ccc2n1. The monoisotopic (exact) mass is 558 g/mol. The Bertz CT molecular complexity index is 1800. The summed E-state index contributed by atoms with van der Waals surface area (Å²) in [5, 5.41) is 13.6. The number of hydrogen-bond donors (Lipinski definition) is 2. The van der Waals surface area contributed by atoms with Gasteiger partial charge in [-0.1, -0.05) is 36.4 Å². The fraction of sp³-hybridized carbons (Fsp3) is 0.152. The molecule has 0 aliphatic carbocycles. The molecule has 0 aliphatic rings. The molecule has 0 bridgehead atoms. The van der Waals surface area contributed by atoms with Crippen LogP contribution in [0.1, 0.15) is 21.6 Å². The van der Waals surface area contributed by atoms with Gasteiger partial charge >= 0.3 is 0 Å². The lowest BCUT2D eigenvalue weighted by Crippen LogP contribution is -2.40. The zero-order chi connectivity index (χ0) is 28.9. The largest absolute Gasteiger partial charge is 0.508 e. The third-order valence-electron chi connectivity index (χ3n) is 7.11. The Kier molecular flexibility index (Phi) is 7.74. The lowest BCUT2D eigenvalue weighted by atomic mass is 10.00. The maximum atomic E-state index is 13.5. The Morgan fingerprint density at radius 2 is 1.74 bits per heavy atom. The van der Waals surface area contributed by atoms with Gasteiger partial charge in [0.25, 0.3) is 5.91 Å². The van der Waals surface area contributed by atoms with Crippen LogP contribution in [0.25, 0.3) is 27.7 Å². The van der Waals surface area contributed by atoms with Crippen LogP contribution in [0.4, 0.5) is 0 Å². The Morgan fingerprint density at radius 3 is 2.50 bits per heavy atom. The summed E-state index contributed by atoms with van der Waals surface area (Å²) >= 11 is 0. The van der Waals surface area contributed by atoms with Crippen molar-refractivity contribution >= 4 is 16.8 Å². The van der Waals surface area contributed by atoms with Gasteiger partial charge in [-0.3, -0.25) is 4.79 Å². The van der Waals surface area contributed by atoms with E-state index >= 15 is 0 Å². The minimum Gasteiger partial charge on any atom is -0.508 e. The average Bonchev–Trinajstić information content (AvgIpc) is 3.73. The Labute approximate surface area is 243 Å². The number of fused-ring (bicyclic) bond motifs is 1. The summed E-state index contributed by atoms with van der Waals surface area (Å²) in [6.45, 7) is 1.07. The standard InChI is InChI=1S/C33H30N6O3/c1-42-20-27(16-23-5-8-28(40)9-6-23)36-33(41)31-18-32(39-14-12-35-22-39)29-17-26(7-10-30(29)37-31)25-4-2-3-24(15-25)19-38-13-11-34-21-38/h2-15,17-18,21-22,27,40H,16,19-20H2,1H3,(H,36,41)/t27-/m0/s1. The molecule has 3 aromatic heterocycles. The van der Waals surface area contributed by atoms with Crippen molar-refractivity contribution in [3.8, 4) is 22.6 Å². The number of methoxy groups -OCH3 is 1. The second-order valence-corrected chi connectivity index (χ2v) is 10.2. The summed E-state index contributed by atoms with van der Waals surface area (Å²) < 4.78 is 9.31. The Hall–Kier alpha value is -5.28. The lowest BCUT2D eigenvalue weighted by Gasteiger charge is -2.19. The second-order valence-electron chi connectivity index (χ2n) is 10.2. The minimum atomic E-state index is -0.296. The van der Waals surface area contributed by atoms with E-state index in [0.29, 0.717) is 24.2 Å². The van der Waals surface area contributed by atoms with E-state index in [0.717, 1.165) is 34.3 Å². The number of nitrogens with one attached hydrogen (secondary N) is 1. The molecule has 0 unspecified atom stereocenters. The van der Waals surface area contributed by atoms with Crippen LogP contribution in [0.3, 0.4) is 0 Å². The van der Waals surface area contributed by atoms with Crippen LogP contribution in [0, 0.1) is 0 Å². The van der Waals surface area contributed by atoms with Crippen molar-refractivity contribution in [1.82, 2.24) is 29.4 Å². The summed E-state index contributed by atoms with van der Waals surface area (Å²) in [6.07, 6.45) is 11.4. The first-order valence-corrected chi connectivity index (χ1v) is 13.6. The number of imidazole rings is 2. The molecular weight excluding hydrogens is 528 g/mol. The lowest BCUT2D eigenvalue weighted by molar-refractivity contribution is 0.0892. The first-order chi connectivity index (χ1) is 20.6. The number of pyridine rings is 1. The number of amides is 1. The molecule has 0 aliphatic heterocycles. The van der Waals surface area contributed by atoms with Gasteiger partial charge in [0.1, 0.15) is 11.4 Å². The highest BCUT2D eigenvalue weighted by atomic mass is 16.5. The number of aromatic nitrogens is 5. The number of hydrogen-bond acceptors (Lipinski definition) is 6. The van der Waals surface area contributed by atoms with Gasteiger partial charge in [-0.15, -0.1) is 0 Å². The molecule has 2 N–H and O–H groups in total. The van der Waals surface area contributed by atoms with Gasteiger partial charge in [0, 0.05) is 43.8 Å². The number of phenols is 1. The van der Waals surface area contributed by atoms with E-state index in [-0.39, 0.29) is 17.7 Å². The van der Waals surface area contributed by atoms with Gasteiger partial charge in [-0.2, -0.15) is 0 Å². The van der Waals surface area contributed by atoms with Crippen molar-refractivity contribution in [3.63, 3.8) is 0 Å². The molecule has 3 aromatic carbocycles. The van der Waals surface area contributed by atoms with Crippen LogP contribution >= 0.6 is 0 Å². The van der Waals surface area contributed by atoms with Gasteiger partial charge in [0.15, 0.2) is 0 Å². The van der Waals surface area contributed by atoms with E-state index in [2.05, 4.69) is 45.6 Å². The van der Waals surface area contributed by atoms with Crippen molar-refractivity contribution in [2.45, 2.75) is 19.0 Å². The highest BCUT2D eigenvalue weighted by molar-refractivity contribution is 5.99. The summed E-state index contributed by atoms with van der Waals surface area (Å²) in [5.74, 6) is -0.0980. The minimum absolute atomic E-state index is 0.198. The van der Waals surface area contributed by atoms with Crippen LogP contribution in [-0.4, -0.2) is 54.9 Å². The van der Waals surface area contributed by atoms with Crippen molar-refractivity contribution in [1.29, 1.82) is 0 Å². The van der Waals surface area contributed by atoms with E-state index < -0.39 is 0 Å². The first kappa shape index (κ1) is 26.9. The normalized spacial score (nSPS) is 11.9. The van der Waals surface area contributed by atoms with E-state index in [1.165, 1.54) is 5.56 Å². The quantitative estimate of drug-likeness (QED) is 0.244. The number of rotatable bonds is 10. The molecule has 3 heterocycles. The predicted molar refractivity (Wildman–Crippen MR) is 161 cm³/mol. The van der Waals surface area contributed by atoms with Crippen LogP contribution in [-0.2, 0) is 17.7 Å². The maximum absolute atomic E-state index is 13.5. The average molecular weight is 559 g/mol. The van der Waals surface area contributed by atoms with Gasteiger partial charge in [0.05, 0.1) is 36.5 Å². The molecule has 6 rings (SSSR count). The van der Waals surface area contributed by atoms with E-state index in [1.807, 2.05) is 52.1 Å². The van der Waals surface area contributed by atoms with E-state index in [1.54, 1.807) is 44.0 Å². The highest BCUT2D eigenvalue weighted by Crippen LogP contribution is 2.29. The molecule has 0 spiro atoms. The van der Waals surface area contributed by atoms with Gasteiger partial charge in [0.2, 0.25) is 0 Å². The molecule has 0 radical (unpaired) electrons. The Balaban J connectivity index is 1.32. The second kappa shape index (κ2) is 12.1. The number of aromatic hydroxyl groups is 1. The third-order valence-corrected chi connectivity index (χ3v) is 7.11. The van der Waals surface area contributed by atoms with Crippen LogP contribution < -0.4 is 5.32 Å². The molecule has 0 saturated carbocycles. The zero-order valence-electron chi connectivity index (χ0n) is 23.1. The predicted octanol–water partition coefficient (Wildman–Crippen LogP) is 5.03. The van der Waals surface area contributed by atoms with E-state index in [9.17, 15) is 9.90 Å². The van der Waals surface area contributed by atoms with Gasteiger partial charge in [-0.05, 0) is 65.1 Å². The summed E-state index contributed by atoms with van der Waals surface area (Å²) in [4.78, 5) is 26.6.